The van der Waals surface area contributed by atoms with Crippen LogP contribution in [0.3, 0.4) is 0 Å². The molecule has 0 spiro atoms. The summed E-state index contributed by atoms with van der Waals surface area (Å²) in [4.78, 5) is 19.2. The zero-order valence-corrected chi connectivity index (χ0v) is 19.3. The van der Waals surface area contributed by atoms with E-state index >= 15 is 0 Å². The predicted molar refractivity (Wildman–Crippen MR) is 131 cm³/mol. The monoisotopic (exact) mass is 482 g/mol. The van der Waals surface area contributed by atoms with E-state index in [0.29, 0.717) is 27.7 Å². The third-order valence-corrected chi connectivity index (χ3v) is 6.50. The normalized spacial score (nSPS) is 10.8. The summed E-state index contributed by atoms with van der Waals surface area (Å²) in [6, 6.07) is 17.0. The predicted octanol–water partition coefficient (Wildman–Crippen LogP) is 4.75. The maximum absolute atomic E-state index is 13.0. The average molecular weight is 483 g/mol. The molecule has 0 aliphatic rings. The van der Waals surface area contributed by atoms with Crippen molar-refractivity contribution in [2.24, 2.45) is 0 Å². The maximum Gasteiger partial charge on any atom is 0.239 e. The van der Waals surface area contributed by atoms with E-state index in [1.54, 1.807) is 23.1 Å². The molecule has 0 aliphatic heterocycles. The topological polar surface area (TPSA) is 89.9 Å². The van der Waals surface area contributed by atoms with Gasteiger partial charge in [0.15, 0.2) is 11.0 Å². The van der Waals surface area contributed by atoms with Crippen molar-refractivity contribution in [3.63, 3.8) is 0 Å². The van der Waals surface area contributed by atoms with Gasteiger partial charge in [-0.2, -0.15) is 0 Å². The number of thioether (sulfide) groups is 1. The van der Waals surface area contributed by atoms with Crippen molar-refractivity contribution in [2.75, 3.05) is 23.0 Å². The van der Waals surface area contributed by atoms with Gasteiger partial charge in [0.05, 0.1) is 11.4 Å². The van der Waals surface area contributed by atoms with Gasteiger partial charge in [0.25, 0.3) is 0 Å². The number of benzene rings is 2. The van der Waals surface area contributed by atoms with Crippen molar-refractivity contribution in [1.29, 1.82) is 0 Å². The van der Waals surface area contributed by atoms with Crippen LogP contribution in [0.5, 0.6) is 0 Å². The van der Waals surface area contributed by atoms with Crippen molar-refractivity contribution in [1.82, 2.24) is 19.9 Å². The van der Waals surface area contributed by atoms with E-state index < -0.39 is 0 Å². The number of carbonyl (C=O) groups excluding carboxylic acids is 1. The number of amides is 1. The number of halogens is 1. The summed E-state index contributed by atoms with van der Waals surface area (Å²) in [6.45, 7) is 4.12. The minimum Gasteiger partial charge on any atom is -0.335 e. The van der Waals surface area contributed by atoms with Crippen LogP contribution in [0.15, 0.2) is 77.8 Å². The number of rotatable bonds is 8. The number of hydrogen-bond acceptors (Lipinski definition) is 7. The van der Waals surface area contributed by atoms with Crippen molar-refractivity contribution >= 4 is 45.7 Å². The summed E-state index contributed by atoms with van der Waals surface area (Å²) in [5.41, 5.74) is 2.57. The first kappa shape index (κ1) is 22.1. The Bertz CT molecular complexity index is 1240. The Kier molecular flexibility index (Phi) is 6.89. The summed E-state index contributed by atoms with van der Waals surface area (Å²) in [7, 11) is 0. The second kappa shape index (κ2) is 9.99. The lowest BCUT2D eigenvalue weighted by Crippen LogP contribution is -2.32. The molecule has 0 saturated heterocycles. The highest BCUT2D eigenvalue weighted by Gasteiger charge is 2.20. The molecule has 0 fully saturated rings. The van der Waals surface area contributed by atoms with Gasteiger partial charge in [0, 0.05) is 28.1 Å². The Balaban J connectivity index is 1.48. The van der Waals surface area contributed by atoms with E-state index in [-0.39, 0.29) is 11.7 Å². The van der Waals surface area contributed by atoms with E-state index in [1.165, 1.54) is 27.8 Å². The molecule has 7 nitrogen and oxygen atoms in total. The molecule has 0 atom stereocenters. The van der Waals surface area contributed by atoms with Crippen LogP contribution >= 0.6 is 34.7 Å². The maximum atomic E-state index is 13.0. The molecule has 0 aliphatic carbocycles. The number of anilines is 1. The molecule has 162 valence electrons. The van der Waals surface area contributed by atoms with Crippen LogP contribution in [0.25, 0.3) is 22.6 Å². The molecular formula is C22H19ClN6OS2. The summed E-state index contributed by atoms with van der Waals surface area (Å²) in [5.74, 6) is 6.63. The SMILES string of the molecule is C=CCN(C(=O)CSc1nnc(-c2cccc(Cl)c2)n1N)c1nc(-c2ccccc2)cs1. The number of carbonyl (C=O) groups is 1. The van der Waals surface area contributed by atoms with Crippen LogP contribution in [0, 0.1) is 0 Å². The van der Waals surface area contributed by atoms with Crippen LogP contribution in [0.4, 0.5) is 5.13 Å². The second-order valence-electron chi connectivity index (χ2n) is 6.65. The van der Waals surface area contributed by atoms with Crippen LogP contribution in [-0.4, -0.2) is 38.1 Å². The minimum atomic E-state index is -0.129. The standard InChI is InChI=1S/C22H19ClN6OS2/c1-2-11-28(21-25-18(13-31-21)15-7-4-3-5-8-15)19(30)14-32-22-27-26-20(29(22)24)16-9-6-10-17(23)12-16/h2-10,12-13H,1,11,14,24H2. The van der Waals surface area contributed by atoms with Gasteiger partial charge in [-0.25, -0.2) is 9.66 Å². The Labute approximate surface area is 198 Å². The Hall–Kier alpha value is -3.14. The van der Waals surface area contributed by atoms with Gasteiger partial charge in [0.1, 0.15) is 0 Å². The van der Waals surface area contributed by atoms with E-state index in [2.05, 4.69) is 21.8 Å². The lowest BCUT2D eigenvalue weighted by molar-refractivity contribution is -0.116. The fourth-order valence-electron chi connectivity index (χ4n) is 2.95. The zero-order valence-electron chi connectivity index (χ0n) is 16.9. The number of nitrogen functional groups attached to an aromatic ring is 1. The van der Waals surface area contributed by atoms with Crippen LogP contribution in [0.1, 0.15) is 0 Å². The van der Waals surface area contributed by atoms with Crippen LogP contribution in [-0.2, 0) is 4.79 Å². The highest BCUT2D eigenvalue weighted by Crippen LogP contribution is 2.29. The molecular weight excluding hydrogens is 464 g/mol. The van der Waals surface area contributed by atoms with Gasteiger partial charge in [0.2, 0.25) is 11.1 Å². The Morgan fingerprint density at radius 1 is 1.19 bits per heavy atom. The first-order chi connectivity index (χ1) is 15.6. The molecule has 0 bridgehead atoms. The number of thiazole rings is 1. The first-order valence-electron chi connectivity index (χ1n) is 9.58. The highest BCUT2D eigenvalue weighted by atomic mass is 35.5. The third-order valence-electron chi connectivity index (χ3n) is 4.48. The van der Waals surface area contributed by atoms with E-state index in [1.807, 2.05) is 47.8 Å². The summed E-state index contributed by atoms with van der Waals surface area (Å²) < 4.78 is 1.36. The quantitative estimate of drug-likeness (QED) is 0.221. The molecule has 10 heteroatoms. The molecule has 0 saturated carbocycles. The number of aromatic nitrogens is 4. The highest BCUT2D eigenvalue weighted by molar-refractivity contribution is 7.99. The second-order valence-corrected chi connectivity index (χ2v) is 8.87. The lowest BCUT2D eigenvalue weighted by Gasteiger charge is -2.17. The molecule has 2 heterocycles. The molecule has 2 aromatic heterocycles. The lowest BCUT2D eigenvalue weighted by atomic mass is 10.2. The van der Waals surface area contributed by atoms with Gasteiger partial charge in [-0.05, 0) is 12.1 Å². The van der Waals surface area contributed by atoms with E-state index in [0.717, 1.165) is 16.8 Å². The first-order valence-corrected chi connectivity index (χ1v) is 11.8. The zero-order chi connectivity index (χ0) is 22.5. The van der Waals surface area contributed by atoms with Gasteiger partial charge < -0.3 is 5.84 Å². The van der Waals surface area contributed by atoms with Crippen molar-refractivity contribution in [2.45, 2.75) is 5.16 Å². The Morgan fingerprint density at radius 3 is 2.72 bits per heavy atom. The summed E-state index contributed by atoms with van der Waals surface area (Å²) in [5, 5.41) is 11.8. The number of hydrogen-bond donors (Lipinski definition) is 1. The van der Waals surface area contributed by atoms with Crippen molar-refractivity contribution < 1.29 is 4.79 Å². The summed E-state index contributed by atoms with van der Waals surface area (Å²) >= 11 is 8.68. The van der Waals surface area contributed by atoms with Gasteiger partial charge in [-0.3, -0.25) is 9.69 Å². The molecule has 2 aromatic carbocycles. The van der Waals surface area contributed by atoms with Crippen LogP contribution < -0.4 is 10.7 Å². The number of nitrogens with zero attached hydrogens (tertiary/aromatic N) is 5. The van der Waals surface area contributed by atoms with Crippen molar-refractivity contribution in [3.8, 4) is 22.6 Å². The fraction of sp³-hybridized carbons (Fsp3) is 0.0909. The molecule has 1 amide bonds. The molecule has 0 radical (unpaired) electrons. The van der Waals surface area contributed by atoms with Crippen molar-refractivity contribution in [3.05, 3.63) is 77.7 Å². The Morgan fingerprint density at radius 2 is 1.97 bits per heavy atom. The van der Waals surface area contributed by atoms with E-state index in [9.17, 15) is 4.79 Å². The third kappa shape index (κ3) is 4.85. The van der Waals surface area contributed by atoms with Crippen LogP contribution in [0.2, 0.25) is 5.02 Å². The fourth-order valence-corrected chi connectivity index (χ4v) is 4.73. The molecule has 4 rings (SSSR count). The smallest absolute Gasteiger partial charge is 0.239 e. The molecule has 32 heavy (non-hydrogen) atoms. The number of nitrogens with two attached hydrogens (primary N) is 1. The molecule has 4 aromatic rings. The largest absolute Gasteiger partial charge is 0.335 e. The van der Waals surface area contributed by atoms with Gasteiger partial charge in [-0.1, -0.05) is 71.9 Å². The molecule has 2 N–H and O–H groups in total. The summed E-state index contributed by atoms with van der Waals surface area (Å²) in [6.07, 6.45) is 1.68. The van der Waals surface area contributed by atoms with Gasteiger partial charge in [-0.15, -0.1) is 28.1 Å². The minimum absolute atomic E-state index is 0.124. The average Bonchev–Trinajstić information content (AvgIpc) is 3.43. The van der Waals surface area contributed by atoms with Gasteiger partial charge >= 0.3 is 0 Å². The van der Waals surface area contributed by atoms with E-state index in [4.69, 9.17) is 17.4 Å². The molecule has 0 unspecified atom stereocenters.